The molecule has 1 aromatic rings. The Labute approximate surface area is 102 Å². The third-order valence-corrected chi connectivity index (χ3v) is 3.76. The fourth-order valence-electron chi connectivity index (χ4n) is 1.03. The lowest BCUT2D eigenvalue weighted by atomic mass is 10.2. The molecule has 78 valence electrons. The van der Waals surface area contributed by atoms with E-state index in [1.54, 1.807) is 0 Å². The molecule has 0 amide bonds. The highest BCUT2D eigenvalue weighted by atomic mass is 79.9. The zero-order chi connectivity index (χ0) is 10.4. The van der Waals surface area contributed by atoms with Gasteiger partial charge in [0.25, 0.3) is 0 Å². The highest BCUT2D eigenvalue weighted by Crippen LogP contribution is 2.16. The second kappa shape index (κ2) is 6.59. The Morgan fingerprint density at radius 1 is 1.36 bits per heavy atom. The lowest BCUT2D eigenvalue weighted by Gasteiger charge is -2.09. The molecule has 0 aromatic heterocycles. The molecule has 0 fully saturated rings. The third kappa shape index (κ3) is 4.11. The summed E-state index contributed by atoms with van der Waals surface area (Å²) in [6.45, 7) is 3.64. The van der Waals surface area contributed by atoms with Crippen LogP contribution >= 0.6 is 31.9 Å². The standard InChI is InChI=1S/C11H14Br2O/c1-9(6-12)7-14-8-10-4-2-3-5-11(10)13/h2-5,9H,6-8H2,1H3. The summed E-state index contributed by atoms with van der Waals surface area (Å²) in [6, 6.07) is 8.14. The van der Waals surface area contributed by atoms with Gasteiger partial charge < -0.3 is 4.74 Å². The van der Waals surface area contributed by atoms with Crippen LogP contribution in [-0.2, 0) is 11.3 Å². The molecule has 0 aliphatic rings. The molecule has 0 N–H and O–H groups in total. The number of hydrogen-bond donors (Lipinski definition) is 0. The maximum absolute atomic E-state index is 5.59. The summed E-state index contributed by atoms with van der Waals surface area (Å²) in [4.78, 5) is 0. The van der Waals surface area contributed by atoms with Crippen LogP contribution in [-0.4, -0.2) is 11.9 Å². The van der Waals surface area contributed by atoms with Gasteiger partial charge in [-0.1, -0.05) is 57.0 Å². The van der Waals surface area contributed by atoms with E-state index in [0.29, 0.717) is 12.5 Å². The summed E-state index contributed by atoms with van der Waals surface area (Å²) in [7, 11) is 0. The van der Waals surface area contributed by atoms with E-state index in [1.165, 1.54) is 5.56 Å². The zero-order valence-electron chi connectivity index (χ0n) is 8.17. The Morgan fingerprint density at radius 2 is 2.07 bits per heavy atom. The van der Waals surface area contributed by atoms with Crippen molar-refractivity contribution in [3.8, 4) is 0 Å². The predicted molar refractivity (Wildman–Crippen MR) is 66.8 cm³/mol. The highest BCUT2D eigenvalue weighted by Gasteiger charge is 2.01. The molecule has 3 heteroatoms. The Hall–Kier alpha value is 0.140. The first-order chi connectivity index (χ1) is 6.74. The summed E-state index contributed by atoms with van der Waals surface area (Å²) >= 11 is 6.92. The number of benzene rings is 1. The maximum atomic E-state index is 5.59. The van der Waals surface area contributed by atoms with E-state index in [-0.39, 0.29) is 0 Å². The molecule has 0 aliphatic heterocycles. The van der Waals surface area contributed by atoms with E-state index in [1.807, 2.05) is 18.2 Å². The summed E-state index contributed by atoms with van der Waals surface area (Å²) in [5.74, 6) is 0.567. The molecular weight excluding hydrogens is 308 g/mol. The third-order valence-electron chi connectivity index (χ3n) is 1.88. The first-order valence-electron chi connectivity index (χ1n) is 4.61. The van der Waals surface area contributed by atoms with Crippen molar-refractivity contribution >= 4 is 31.9 Å². The molecule has 0 saturated carbocycles. The molecule has 0 bridgehead atoms. The first kappa shape index (κ1) is 12.2. The fourth-order valence-corrected chi connectivity index (χ4v) is 1.62. The Kier molecular flexibility index (Phi) is 5.75. The van der Waals surface area contributed by atoms with Crippen molar-refractivity contribution in [1.29, 1.82) is 0 Å². The minimum absolute atomic E-state index is 0.567. The molecule has 1 nitrogen and oxygen atoms in total. The smallest absolute Gasteiger partial charge is 0.0727 e. The van der Waals surface area contributed by atoms with E-state index in [9.17, 15) is 0 Å². The molecule has 1 rings (SSSR count). The minimum atomic E-state index is 0.567. The minimum Gasteiger partial charge on any atom is -0.376 e. The van der Waals surface area contributed by atoms with Crippen molar-refractivity contribution in [1.82, 2.24) is 0 Å². The van der Waals surface area contributed by atoms with Crippen molar-refractivity contribution in [3.63, 3.8) is 0 Å². The monoisotopic (exact) mass is 320 g/mol. The molecule has 1 atom stereocenters. The normalized spacial score (nSPS) is 12.8. The molecular formula is C11H14Br2O. The molecule has 0 spiro atoms. The van der Waals surface area contributed by atoms with Crippen LogP contribution in [0.1, 0.15) is 12.5 Å². The van der Waals surface area contributed by atoms with Gasteiger partial charge in [0.1, 0.15) is 0 Å². The van der Waals surface area contributed by atoms with Crippen LogP contribution in [0.15, 0.2) is 28.7 Å². The van der Waals surface area contributed by atoms with Gasteiger partial charge in [-0.05, 0) is 17.5 Å². The number of alkyl halides is 1. The van der Waals surface area contributed by atoms with Gasteiger partial charge in [0, 0.05) is 9.80 Å². The van der Waals surface area contributed by atoms with Gasteiger partial charge in [-0.2, -0.15) is 0 Å². The van der Waals surface area contributed by atoms with Gasteiger partial charge in [0.2, 0.25) is 0 Å². The van der Waals surface area contributed by atoms with Crippen LogP contribution in [0.4, 0.5) is 0 Å². The lowest BCUT2D eigenvalue weighted by molar-refractivity contribution is 0.0982. The topological polar surface area (TPSA) is 9.23 Å². The Morgan fingerprint density at radius 3 is 2.71 bits per heavy atom. The van der Waals surface area contributed by atoms with E-state index >= 15 is 0 Å². The Bertz CT molecular complexity index is 276. The molecule has 1 aromatic carbocycles. The van der Waals surface area contributed by atoms with Gasteiger partial charge in [-0.25, -0.2) is 0 Å². The fraction of sp³-hybridized carbons (Fsp3) is 0.455. The highest BCUT2D eigenvalue weighted by molar-refractivity contribution is 9.10. The number of hydrogen-bond acceptors (Lipinski definition) is 1. The lowest BCUT2D eigenvalue weighted by Crippen LogP contribution is -2.06. The Balaban J connectivity index is 2.35. The van der Waals surface area contributed by atoms with Crippen LogP contribution < -0.4 is 0 Å². The van der Waals surface area contributed by atoms with Crippen LogP contribution in [0.25, 0.3) is 0 Å². The van der Waals surface area contributed by atoms with E-state index in [4.69, 9.17) is 4.74 Å². The summed E-state index contributed by atoms with van der Waals surface area (Å²) < 4.78 is 6.71. The average molecular weight is 322 g/mol. The van der Waals surface area contributed by atoms with E-state index < -0.39 is 0 Å². The molecule has 0 aliphatic carbocycles. The predicted octanol–water partition coefficient (Wildman–Crippen LogP) is 4.00. The van der Waals surface area contributed by atoms with Gasteiger partial charge in [0.15, 0.2) is 0 Å². The van der Waals surface area contributed by atoms with E-state index in [0.717, 1.165) is 16.4 Å². The van der Waals surface area contributed by atoms with Crippen LogP contribution in [0.3, 0.4) is 0 Å². The summed E-state index contributed by atoms with van der Waals surface area (Å²) in [6.07, 6.45) is 0. The number of rotatable bonds is 5. The summed E-state index contributed by atoms with van der Waals surface area (Å²) in [5.41, 5.74) is 1.20. The molecule has 14 heavy (non-hydrogen) atoms. The van der Waals surface area contributed by atoms with Crippen LogP contribution in [0.2, 0.25) is 0 Å². The second-order valence-corrected chi connectivity index (χ2v) is 4.87. The quantitative estimate of drug-likeness (QED) is 0.745. The largest absolute Gasteiger partial charge is 0.376 e. The van der Waals surface area contributed by atoms with Gasteiger partial charge in [0.05, 0.1) is 13.2 Å². The van der Waals surface area contributed by atoms with Gasteiger partial charge >= 0.3 is 0 Å². The van der Waals surface area contributed by atoms with Crippen molar-refractivity contribution in [2.75, 3.05) is 11.9 Å². The van der Waals surface area contributed by atoms with Gasteiger partial charge in [-0.3, -0.25) is 0 Å². The zero-order valence-corrected chi connectivity index (χ0v) is 11.3. The number of halogens is 2. The van der Waals surface area contributed by atoms with Crippen molar-refractivity contribution in [3.05, 3.63) is 34.3 Å². The van der Waals surface area contributed by atoms with Crippen molar-refractivity contribution in [2.45, 2.75) is 13.5 Å². The average Bonchev–Trinajstić information content (AvgIpc) is 2.20. The molecule has 0 heterocycles. The number of ether oxygens (including phenoxy) is 1. The molecule has 0 radical (unpaired) electrons. The van der Waals surface area contributed by atoms with Crippen LogP contribution in [0.5, 0.6) is 0 Å². The van der Waals surface area contributed by atoms with Crippen molar-refractivity contribution < 1.29 is 4.74 Å². The van der Waals surface area contributed by atoms with E-state index in [2.05, 4.69) is 44.8 Å². The maximum Gasteiger partial charge on any atom is 0.0727 e. The first-order valence-corrected chi connectivity index (χ1v) is 6.52. The summed E-state index contributed by atoms with van der Waals surface area (Å²) in [5, 5.41) is 0.989. The molecule has 0 saturated heterocycles. The second-order valence-electron chi connectivity index (χ2n) is 3.37. The van der Waals surface area contributed by atoms with Crippen LogP contribution in [0, 0.1) is 5.92 Å². The van der Waals surface area contributed by atoms with Gasteiger partial charge in [-0.15, -0.1) is 0 Å². The van der Waals surface area contributed by atoms with Crippen molar-refractivity contribution in [2.24, 2.45) is 5.92 Å². The SMILES string of the molecule is CC(CBr)COCc1ccccc1Br. The molecule has 1 unspecified atom stereocenters.